The van der Waals surface area contributed by atoms with Crippen LogP contribution in [0.2, 0.25) is 0 Å². The van der Waals surface area contributed by atoms with Crippen molar-refractivity contribution in [2.75, 3.05) is 0 Å². The van der Waals surface area contributed by atoms with Crippen molar-refractivity contribution in [3.63, 3.8) is 0 Å². The van der Waals surface area contributed by atoms with Gasteiger partial charge in [0.15, 0.2) is 0 Å². The van der Waals surface area contributed by atoms with Crippen molar-refractivity contribution < 1.29 is 0 Å². The first-order valence-corrected chi connectivity index (χ1v) is 13.5. The van der Waals surface area contributed by atoms with Crippen molar-refractivity contribution in [3.8, 4) is 32.0 Å². The molecule has 0 amide bonds. The maximum Gasteiger partial charge on any atom is 0.0434 e. The van der Waals surface area contributed by atoms with Gasteiger partial charge < -0.3 is 0 Å². The molecule has 0 bridgehead atoms. The third-order valence-electron chi connectivity index (χ3n) is 7.60. The molecule has 1 heterocycles. The van der Waals surface area contributed by atoms with Gasteiger partial charge in [-0.15, -0.1) is 11.3 Å². The van der Waals surface area contributed by atoms with E-state index in [1.165, 1.54) is 75.1 Å². The maximum absolute atomic E-state index is 2.39. The molecule has 0 nitrogen and oxygen atoms in total. The second kappa shape index (κ2) is 8.03. The standard InChI is InChI=1S/C36H22S/c1-2-9-23(10-3-1)29-13-4-5-14-30(29)36-32-16-7-6-15-31(32)35(37-36)28-21-26-19-17-24-11-8-12-25-18-20-27(22-28)34(26)33(24)25/h1-22H. The molecule has 0 aliphatic carbocycles. The minimum atomic E-state index is 1.25. The highest BCUT2D eigenvalue weighted by atomic mass is 32.1. The van der Waals surface area contributed by atoms with E-state index in [2.05, 4.69) is 133 Å². The largest absolute Gasteiger partial charge is 0.134 e. The summed E-state index contributed by atoms with van der Waals surface area (Å²) in [5.41, 5.74) is 5.10. The lowest BCUT2D eigenvalue weighted by Crippen LogP contribution is -1.85. The van der Waals surface area contributed by atoms with Crippen molar-refractivity contribution >= 4 is 54.4 Å². The molecule has 0 aliphatic rings. The van der Waals surface area contributed by atoms with Gasteiger partial charge in [0.05, 0.1) is 0 Å². The van der Waals surface area contributed by atoms with Crippen LogP contribution in [0.4, 0.5) is 0 Å². The minimum Gasteiger partial charge on any atom is -0.134 e. The van der Waals surface area contributed by atoms with Crippen molar-refractivity contribution in [2.24, 2.45) is 0 Å². The van der Waals surface area contributed by atoms with Gasteiger partial charge in [-0.3, -0.25) is 0 Å². The summed E-state index contributed by atoms with van der Waals surface area (Å²) in [6.07, 6.45) is 0. The van der Waals surface area contributed by atoms with Crippen LogP contribution in [0, 0.1) is 0 Å². The summed E-state index contributed by atoms with van der Waals surface area (Å²) in [6, 6.07) is 48.9. The highest BCUT2D eigenvalue weighted by Gasteiger charge is 2.18. The Labute approximate surface area is 219 Å². The second-order valence-corrected chi connectivity index (χ2v) is 10.7. The first-order valence-electron chi connectivity index (χ1n) is 12.7. The molecular formula is C36H22S. The Morgan fingerprint density at radius 2 is 0.892 bits per heavy atom. The molecule has 0 saturated heterocycles. The summed E-state index contributed by atoms with van der Waals surface area (Å²) in [4.78, 5) is 2.66. The van der Waals surface area contributed by atoms with Crippen molar-refractivity contribution in [2.45, 2.75) is 0 Å². The number of thiophene rings is 1. The van der Waals surface area contributed by atoms with E-state index >= 15 is 0 Å². The third kappa shape index (κ3) is 3.15. The zero-order chi connectivity index (χ0) is 24.3. The Morgan fingerprint density at radius 3 is 1.59 bits per heavy atom. The normalized spacial score (nSPS) is 11.8. The highest BCUT2D eigenvalue weighted by molar-refractivity contribution is 7.21. The van der Waals surface area contributed by atoms with Gasteiger partial charge in [-0.25, -0.2) is 0 Å². The van der Waals surface area contributed by atoms with Crippen LogP contribution in [0.3, 0.4) is 0 Å². The van der Waals surface area contributed by atoms with Gasteiger partial charge >= 0.3 is 0 Å². The number of hydrogen-bond donors (Lipinski definition) is 0. The summed E-state index contributed by atoms with van der Waals surface area (Å²) in [6.45, 7) is 0. The molecule has 0 fully saturated rings. The molecule has 0 saturated carbocycles. The summed E-state index contributed by atoms with van der Waals surface area (Å²) in [5.74, 6) is 0. The lowest BCUT2D eigenvalue weighted by Gasteiger charge is -2.12. The molecule has 8 rings (SSSR count). The average Bonchev–Trinajstić information content (AvgIpc) is 3.36. The van der Waals surface area contributed by atoms with Gasteiger partial charge in [0.2, 0.25) is 0 Å². The van der Waals surface area contributed by atoms with Gasteiger partial charge in [0.25, 0.3) is 0 Å². The molecule has 1 aromatic heterocycles. The average molecular weight is 487 g/mol. The van der Waals surface area contributed by atoms with E-state index in [0.29, 0.717) is 0 Å². The fourth-order valence-electron chi connectivity index (χ4n) is 5.94. The van der Waals surface area contributed by atoms with Gasteiger partial charge in [0.1, 0.15) is 0 Å². The quantitative estimate of drug-likeness (QED) is 0.218. The Morgan fingerprint density at radius 1 is 0.351 bits per heavy atom. The van der Waals surface area contributed by atoms with E-state index in [1.807, 2.05) is 11.3 Å². The molecule has 0 unspecified atom stereocenters. The molecule has 0 spiro atoms. The monoisotopic (exact) mass is 486 g/mol. The fraction of sp³-hybridized carbons (Fsp3) is 0. The zero-order valence-electron chi connectivity index (χ0n) is 20.1. The molecule has 7 aromatic carbocycles. The molecular weight excluding hydrogens is 464 g/mol. The van der Waals surface area contributed by atoms with Gasteiger partial charge in [-0.2, -0.15) is 0 Å². The lowest BCUT2D eigenvalue weighted by molar-refractivity contribution is 1.62. The summed E-state index contributed by atoms with van der Waals surface area (Å²) < 4.78 is 0. The third-order valence-corrected chi connectivity index (χ3v) is 8.91. The zero-order valence-corrected chi connectivity index (χ0v) is 20.9. The van der Waals surface area contributed by atoms with E-state index in [4.69, 9.17) is 0 Å². The van der Waals surface area contributed by atoms with E-state index < -0.39 is 0 Å². The number of rotatable bonds is 3. The predicted molar refractivity (Wildman–Crippen MR) is 162 cm³/mol. The number of hydrogen-bond acceptors (Lipinski definition) is 1. The van der Waals surface area contributed by atoms with E-state index in [9.17, 15) is 0 Å². The molecule has 37 heavy (non-hydrogen) atoms. The van der Waals surface area contributed by atoms with Crippen LogP contribution in [-0.4, -0.2) is 0 Å². The Hall–Kier alpha value is -4.46. The maximum atomic E-state index is 2.39. The Balaban J connectivity index is 1.40. The number of fused-ring (bicyclic) bond motifs is 1. The summed E-state index contributed by atoms with van der Waals surface area (Å²) >= 11 is 1.91. The topological polar surface area (TPSA) is 0 Å². The summed E-state index contributed by atoms with van der Waals surface area (Å²) in [5, 5.41) is 10.6. The molecule has 172 valence electrons. The highest BCUT2D eigenvalue weighted by Crippen LogP contribution is 2.48. The van der Waals surface area contributed by atoms with Crippen molar-refractivity contribution in [1.82, 2.24) is 0 Å². The van der Waals surface area contributed by atoms with E-state index in [-0.39, 0.29) is 0 Å². The first kappa shape index (κ1) is 20.7. The van der Waals surface area contributed by atoms with Gasteiger partial charge in [0, 0.05) is 26.1 Å². The van der Waals surface area contributed by atoms with E-state index in [0.717, 1.165) is 0 Å². The molecule has 0 aliphatic heterocycles. The van der Waals surface area contributed by atoms with Crippen LogP contribution < -0.4 is 0 Å². The van der Waals surface area contributed by atoms with Gasteiger partial charge in [-0.1, -0.05) is 121 Å². The number of benzene rings is 7. The summed E-state index contributed by atoms with van der Waals surface area (Å²) in [7, 11) is 0. The Kier molecular flexibility index (Phi) is 4.49. The first-order chi connectivity index (χ1) is 18.3. The molecule has 0 N–H and O–H groups in total. The van der Waals surface area contributed by atoms with Crippen molar-refractivity contribution in [3.05, 3.63) is 133 Å². The van der Waals surface area contributed by atoms with Crippen LogP contribution in [0.5, 0.6) is 0 Å². The molecule has 0 atom stereocenters. The smallest absolute Gasteiger partial charge is 0.0434 e. The SMILES string of the molecule is c1ccc(-c2ccccc2-c2sc(-c3cc4ccc5cccc6ccc(c3)c4c56)c3ccccc23)cc1. The van der Waals surface area contributed by atoms with Crippen LogP contribution in [0.15, 0.2) is 133 Å². The van der Waals surface area contributed by atoms with Gasteiger partial charge in [-0.05, 0) is 61.1 Å². The van der Waals surface area contributed by atoms with Crippen molar-refractivity contribution in [1.29, 1.82) is 0 Å². The lowest BCUT2D eigenvalue weighted by atomic mass is 9.92. The molecule has 8 aromatic rings. The second-order valence-electron chi connectivity index (χ2n) is 9.73. The predicted octanol–water partition coefficient (Wildman–Crippen LogP) is 10.8. The minimum absolute atomic E-state index is 1.25. The molecule has 1 heteroatoms. The van der Waals surface area contributed by atoms with E-state index in [1.54, 1.807) is 0 Å². The van der Waals surface area contributed by atoms with Crippen LogP contribution in [0.25, 0.3) is 75.1 Å². The molecule has 0 radical (unpaired) electrons. The van der Waals surface area contributed by atoms with Crippen LogP contribution in [-0.2, 0) is 0 Å². The Bertz CT molecular complexity index is 2010. The fourth-order valence-corrected chi connectivity index (χ4v) is 7.24. The van der Waals surface area contributed by atoms with Crippen LogP contribution in [0.1, 0.15) is 0 Å². The van der Waals surface area contributed by atoms with Crippen LogP contribution >= 0.6 is 11.3 Å².